The Morgan fingerprint density at radius 3 is 1.35 bits per heavy atom. The van der Waals surface area contributed by atoms with E-state index in [9.17, 15) is 9.59 Å². The van der Waals surface area contributed by atoms with Crippen molar-refractivity contribution in [2.24, 2.45) is 29.1 Å². The average molecular weight is 236 g/mol. The molecule has 2 fully saturated rings. The van der Waals surface area contributed by atoms with Gasteiger partial charge >= 0.3 is 0 Å². The Kier molecular flexibility index (Phi) is 3.17. The maximum atomic E-state index is 11.8. The lowest BCUT2D eigenvalue weighted by Crippen LogP contribution is -2.52. The molecule has 2 heteroatoms. The predicted molar refractivity (Wildman–Crippen MR) is 67.6 cm³/mol. The fraction of sp³-hybridized carbons (Fsp3) is 0.867. The summed E-state index contributed by atoms with van der Waals surface area (Å²) in [5, 5.41) is 0. The van der Waals surface area contributed by atoms with Crippen molar-refractivity contribution in [3.63, 3.8) is 0 Å². The summed E-state index contributed by atoms with van der Waals surface area (Å²) in [4.78, 5) is 23.6. The Labute approximate surface area is 104 Å². The molecule has 0 atom stereocenters. The SMILES string of the molecule is CC(C)C(=O)C1CC2(C1)CC(C(=O)C(C)C)C2. The van der Waals surface area contributed by atoms with Crippen LogP contribution in [0, 0.1) is 29.1 Å². The molecule has 0 bridgehead atoms. The average Bonchev–Trinajstić information content (AvgIpc) is 2.12. The van der Waals surface area contributed by atoms with Crippen molar-refractivity contribution in [2.75, 3.05) is 0 Å². The van der Waals surface area contributed by atoms with Crippen LogP contribution < -0.4 is 0 Å². The Balaban J connectivity index is 1.79. The van der Waals surface area contributed by atoms with Crippen LogP contribution >= 0.6 is 0 Å². The minimum Gasteiger partial charge on any atom is -0.299 e. The molecule has 2 aliphatic carbocycles. The number of rotatable bonds is 4. The van der Waals surface area contributed by atoms with Crippen LogP contribution in [0.4, 0.5) is 0 Å². The molecule has 0 heterocycles. The topological polar surface area (TPSA) is 34.1 Å². The molecular weight excluding hydrogens is 212 g/mol. The van der Waals surface area contributed by atoms with E-state index in [1.54, 1.807) is 0 Å². The van der Waals surface area contributed by atoms with Crippen LogP contribution in [-0.4, -0.2) is 11.6 Å². The van der Waals surface area contributed by atoms with Gasteiger partial charge in [0.1, 0.15) is 11.6 Å². The number of hydrogen-bond acceptors (Lipinski definition) is 2. The number of hydrogen-bond donors (Lipinski definition) is 0. The van der Waals surface area contributed by atoms with E-state index >= 15 is 0 Å². The lowest BCUT2D eigenvalue weighted by molar-refractivity contribution is -0.150. The summed E-state index contributed by atoms with van der Waals surface area (Å²) in [5.74, 6) is 1.79. The molecule has 2 saturated carbocycles. The Hall–Kier alpha value is -0.660. The van der Waals surface area contributed by atoms with E-state index in [1.807, 2.05) is 27.7 Å². The van der Waals surface area contributed by atoms with Crippen molar-refractivity contribution >= 4 is 11.6 Å². The molecule has 17 heavy (non-hydrogen) atoms. The molecule has 0 radical (unpaired) electrons. The van der Waals surface area contributed by atoms with E-state index in [4.69, 9.17) is 0 Å². The van der Waals surface area contributed by atoms with Crippen LogP contribution in [0.2, 0.25) is 0 Å². The second kappa shape index (κ2) is 4.22. The first-order valence-corrected chi connectivity index (χ1v) is 6.92. The fourth-order valence-electron chi connectivity index (χ4n) is 3.65. The van der Waals surface area contributed by atoms with Crippen molar-refractivity contribution in [3.8, 4) is 0 Å². The van der Waals surface area contributed by atoms with Crippen LogP contribution in [-0.2, 0) is 9.59 Å². The lowest BCUT2D eigenvalue weighted by atomic mass is 9.46. The van der Waals surface area contributed by atoms with Crippen molar-refractivity contribution in [1.82, 2.24) is 0 Å². The van der Waals surface area contributed by atoms with Gasteiger partial charge in [-0.1, -0.05) is 27.7 Å². The van der Waals surface area contributed by atoms with Crippen LogP contribution in [0.1, 0.15) is 53.4 Å². The van der Waals surface area contributed by atoms with E-state index in [0.29, 0.717) is 28.8 Å². The van der Waals surface area contributed by atoms with Crippen molar-refractivity contribution in [3.05, 3.63) is 0 Å². The lowest BCUT2D eigenvalue weighted by Gasteiger charge is -2.57. The van der Waals surface area contributed by atoms with Crippen molar-refractivity contribution in [1.29, 1.82) is 0 Å². The summed E-state index contributed by atoms with van der Waals surface area (Å²) in [7, 11) is 0. The molecule has 0 aromatic carbocycles. The molecule has 2 nitrogen and oxygen atoms in total. The van der Waals surface area contributed by atoms with E-state index in [-0.39, 0.29) is 11.8 Å². The van der Waals surface area contributed by atoms with Crippen molar-refractivity contribution < 1.29 is 9.59 Å². The Morgan fingerprint density at radius 2 is 1.12 bits per heavy atom. The maximum absolute atomic E-state index is 11.8. The fourth-order valence-corrected chi connectivity index (χ4v) is 3.65. The number of carbonyl (C=O) groups is 2. The highest BCUT2D eigenvalue weighted by Gasteiger charge is 2.56. The highest BCUT2D eigenvalue weighted by Crippen LogP contribution is 2.62. The first-order chi connectivity index (χ1) is 7.84. The highest BCUT2D eigenvalue weighted by molar-refractivity contribution is 5.85. The van der Waals surface area contributed by atoms with Gasteiger partial charge in [-0.15, -0.1) is 0 Å². The highest BCUT2D eigenvalue weighted by atomic mass is 16.1. The van der Waals surface area contributed by atoms with Gasteiger partial charge in [-0.2, -0.15) is 0 Å². The van der Waals surface area contributed by atoms with Gasteiger partial charge in [0.2, 0.25) is 0 Å². The largest absolute Gasteiger partial charge is 0.299 e. The second-order valence-electron chi connectivity index (χ2n) is 6.82. The summed E-state index contributed by atoms with van der Waals surface area (Å²) < 4.78 is 0. The smallest absolute Gasteiger partial charge is 0.138 e. The molecular formula is C15H24O2. The minimum atomic E-state index is 0.172. The number of Topliss-reactive ketones (excluding diaryl/α,β-unsaturated/α-hetero) is 2. The third-order valence-corrected chi connectivity index (χ3v) is 4.66. The molecule has 0 saturated heterocycles. The first kappa shape index (κ1) is 12.8. The van der Waals surface area contributed by atoms with Gasteiger partial charge in [-0.3, -0.25) is 9.59 Å². The van der Waals surface area contributed by atoms with E-state index in [2.05, 4.69) is 0 Å². The summed E-state index contributed by atoms with van der Waals surface area (Å²) >= 11 is 0. The standard InChI is InChI=1S/C15H24O2/c1-9(2)13(16)11-5-15(6-11)7-12(8-15)14(17)10(3)4/h9-12H,5-8H2,1-4H3. The summed E-state index contributed by atoms with van der Waals surface area (Å²) in [6.07, 6.45) is 4.19. The van der Waals surface area contributed by atoms with Gasteiger partial charge in [0.05, 0.1) is 0 Å². The van der Waals surface area contributed by atoms with Gasteiger partial charge in [-0.25, -0.2) is 0 Å². The normalized spacial score (nSPS) is 35.9. The minimum absolute atomic E-state index is 0.172. The molecule has 0 amide bonds. The number of carbonyl (C=O) groups excluding carboxylic acids is 2. The molecule has 0 N–H and O–H groups in total. The molecule has 96 valence electrons. The second-order valence-corrected chi connectivity index (χ2v) is 6.82. The molecule has 2 aliphatic rings. The third kappa shape index (κ3) is 2.19. The van der Waals surface area contributed by atoms with Gasteiger partial charge in [0.25, 0.3) is 0 Å². The van der Waals surface area contributed by atoms with Crippen LogP contribution in [0.15, 0.2) is 0 Å². The molecule has 1 spiro atoms. The monoisotopic (exact) mass is 236 g/mol. The van der Waals surface area contributed by atoms with Gasteiger partial charge < -0.3 is 0 Å². The predicted octanol–water partition coefficient (Wildman–Crippen LogP) is 3.24. The maximum Gasteiger partial charge on any atom is 0.138 e. The van der Waals surface area contributed by atoms with Crippen LogP contribution in [0.3, 0.4) is 0 Å². The molecule has 0 aromatic heterocycles. The first-order valence-electron chi connectivity index (χ1n) is 6.92. The zero-order chi connectivity index (χ0) is 12.8. The van der Waals surface area contributed by atoms with E-state index in [1.165, 1.54) is 0 Å². The van der Waals surface area contributed by atoms with Crippen molar-refractivity contribution in [2.45, 2.75) is 53.4 Å². The Bertz CT molecular complexity index is 291. The van der Waals surface area contributed by atoms with Crippen LogP contribution in [0.25, 0.3) is 0 Å². The summed E-state index contributed by atoms with van der Waals surface area (Å²) in [5.41, 5.74) is 0.379. The van der Waals surface area contributed by atoms with Gasteiger partial charge in [0.15, 0.2) is 0 Å². The Morgan fingerprint density at radius 1 is 0.824 bits per heavy atom. The third-order valence-electron chi connectivity index (χ3n) is 4.66. The zero-order valence-corrected chi connectivity index (χ0v) is 11.5. The quantitative estimate of drug-likeness (QED) is 0.751. The zero-order valence-electron chi connectivity index (χ0n) is 11.5. The number of ketones is 2. The summed E-state index contributed by atoms with van der Waals surface area (Å²) in [6.45, 7) is 7.94. The van der Waals surface area contributed by atoms with Gasteiger partial charge in [0, 0.05) is 23.7 Å². The molecule has 0 aliphatic heterocycles. The van der Waals surface area contributed by atoms with Gasteiger partial charge in [-0.05, 0) is 31.1 Å². The molecule has 2 rings (SSSR count). The van der Waals surface area contributed by atoms with Crippen LogP contribution in [0.5, 0.6) is 0 Å². The molecule has 0 aromatic rings. The summed E-state index contributed by atoms with van der Waals surface area (Å²) in [6, 6.07) is 0. The van der Waals surface area contributed by atoms with E-state index in [0.717, 1.165) is 25.7 Å². The molecule has 0 unspecified atom stereocenters. The van der Waals surface area contributed by atoms with E-state index < -0.39 is 0 Å².